The lowest BCUT2D eigenvalue weighted by molar-refractivity contribution is -0.272. The van der Waals surface area contributed by atoms with E-state index in [4.69, 9.17) is 14.2 Å². The van der Waals surface area contributed by atoms with E-state index >= 15 is 0 Å². The molecule has 0 aromatic heterocycles. The first-order chi connectivity index (χ1) is 16.1. The Balaban J connectivity index is 1.25. The van der Waals surface area contributed by atoms with Crippen molar-refractivity contribution < 1.29 is 23.8 Å². The van der Waals surface area contributed by atoms with Crippen molar-refractivity contribution in [2.45, 2.75) is 110 Å². The van der Waals surface area contributed by atoms with E-state index in [1.54, 1.807) is 0 Å². The lowest BCUT2D eigenvalue weighted by atomic mass is 9.44. The number of hydrogen-bond acceptors (Lipinski definition) is 5. The Morgan fingerprint density at radius 2 is 1.82 bits per heavy atom. The van der Waals surface area contributed by atoms with Crippen molar-refractivity contribution in [1.82, 2.24) is 0 Å². The van der Waals surface area contributed by atoms with Gasteiger partial charge < -0.3 is 14.2 Å². The first kappa shape index (κ1) is 23.5. The van der Waals surface area contributed by atoms with Gasteiger partial charge in [0.15, 0.2) is 5.79 Å². The normalized spacial score (nSPS) is 56.4. The topological polar surface area (TPSA) is 61.8 Å². The summed E-state index contributed by atoms with van der Waals surface area (Å²) in [6.07, 6.45) is 9.47. The Bertz CT molecular complexity index is 861. The summed E-state index contributed by atoms with van der Waals surface area (Å²) in [5, 5.41) is 0. The van der Waals surface area contributed by atoms with Crippen molar-refractivity contribution in [2.24, 2.45) is 52.3 Å². The molecule has 34 heavy (non-hydrogen) atoms. The van der Waals surface area contributed by atoms with Gasteiger partial charge in [-0.3, -0.25) is 9.59 Å². The van der Waals surface area contributed by atoms with E-state index in [1.165, 1.54) is 19.8 Å². The van der Waals surface area contributed by atoms with E-state index in [2.05, 4.69) is 27.7 Å². The van der Waals surface area contributed by atoms with Crippen LogP contribution in [0.25, 0.3) is 0 Å². The zero-order valence-electron chi connectivity index (χ0n) is 21.8. The van der Waals surface area contributed by atoms with E-state index in [0.717, 1.165) is 51.6 Å². The molecule has 12 atom stereocenters. The summed E-state index contributed by atoms with van der Waals surface area (Å²) < 4.78 is 18.8. The highest BCUT2D eigenvalue weighted by molar-refractivity contribution is 5.87. The van der Waals surface area contributed by atoms with Gasteiger partial charge in [0.25, 0.3) is 0 Å². The van der Waals surface area contributed by atoms with Crippen molar-refractivity contribution in [1.29, 1.82) is 0 Å². The molecule has 2 heterocycles. The smallest absolute Gasteiger partial charge is 0.302 e. The number of ether oxygens (including phenoxy) is 3. The highest BCUT2D eigenvalue weighted by Gasteiger charge is 2.71. The molecule has 5 heteroatoms. The van der Waals surface area contributed by atoms with Gasteiger partial charge in [0, 0.05) is 37.0 Å². The molecule has 0 N–H and O–H groups in total. The molecule has 0 amide bonds. The van der Waals surface area contributed by atoms with Crippen LogP contribution in [0.1, 0.15) is 92.4 Å². The average molecular weight is 473 g/mol. The van der Waals surface area contributed by atoms with Gasteiger partial charge in [-0.2, -0.15) is 0 Å². The largest absolute Gasteiger partial charge is 0.463 e. The van der Waals surface area contributed by atoms with Crippen LogP contribution in [0.3, 0.4) is 0 Å². The Morgan fingerprint density at radius 1 is 1.03 bits per heavy atom. The molecule has 5 nitrogen and oxygen atoms in total. The molecule has 0 bridgehead atoms. The molecule has 6 fully saturated rings. The third-order valence-corrected chi connectivity index (χ3v) is 12.1. The van der Waals surface area contributed by atoms with Crippen LogP contribution in [0.2, 0.25) is 0 Å². The second kappa shape index (κ2) is 7.78. The van der Waals surface area contributed by atoms with Crippen molar-refractivity contribution in [3.63, 3.8) is 0 Å². The number of carbonyl (C=O) groups is 2. The van der Waals surface area contributed by atoms with Crippen LogP contribution < -0.4 is 0 Å². The van der Waals surface area contributed by atoms with Crippen molar-refractivity contribution in [3.05, 3.63) is 0 Å². The maximum atomic E-state index is 14.1. The fraction of sp³-hybridized carbons (Fsp3) is 0.931. The molecule has 2 saturated heterocycles. The lowest BCUT2D eigenvalue weighted by Crippen LogP contribution is -2.58. The van der Waals surface area contributed by atoms with Gasteiger partial charge in [-0.25, -0.2) is 0 Å². The minimum absolute atomic E-state index is 0.0613. The maximum Gasteiger partial charge on any atom is 0.302 e. The Hall–Kier alpha value is -0.940. The lowest BCUT2D eigenvalue weighted by Gasteiger charge is -2.60. The SMILES string of the molecule is CC(=O)O[C@@H]1CC[C@]2(C)C3CC(=O)[C@@]4(C)C(C[C@@H]5O[C@]6(CC[C@@H](C)CO6)[C@@H](C)[C@@H]54)[C@@H]3CC[C@H]2C1. The zero-order valence-corrected chi connectivity index (χ0v) is 21.8. The van der Waals surface area contributed by atoms with Crippen LogP contribution in [0.15, 0.2) is 0 Å². The summed E-state index contributed by atoms with van der Waals surface area (Å²) in [7, 11) is 0. The molecule has 0 aromatic carbocycles. The fourth-order valence-electron chi connectivity index (χ4n) is 10.3. The quantitative estimate of drug-likeness (QED) is 0.469. The molecule has 2 unspecified atom stereocenters. The van der Waals surface area contributed by atoms with Gasteiger partial charge in [0.1, 0.15) is 11.9 Å². The van der Waals surface area contributed by atoms with E-state index in [1.807, 2.05) is 0 Å². The highest BCUT2D eigenvalue weighted by Crippen LogP contribution is 2.70. The fourth-order valence-corrected chi connectivity index (χ4v) is 10.3. The number of Topliss-reactive ketones (excluding diaryl/α,β-unsaturated/α-hetero) is 1. The molecule has 4 aliphatic carbocycles. The van der Waals surface area contributed by atoms with Crippen LogP contribution in [0.4, 0.5) is 0 Å². The molecule has 6 aliphatic rings. The number of carbonyl (C=O) groups excluding carboxylic acids is 2. The molecular formula is C29H44O5. The molecule has 2 aliphatic heterocycles. The second-order valence-corrected chi connectivity index (χ2v) is 13.5. The summed E-state index contributed by atoms with van der Waals surface area (Å²) in [6, 6.07) is 0. The van der Waals surface area contributed by atoms with Crippen LogP contribution in [-0.4, -0.2) is 36.4 Å². The summed E-state index contributed by atoms with van der Waals surface area (Å²) in [5.74, 6) is 3.07. The van der Waals surface area contributed by atoms with Gasteiger partial charge in [-0.1, -0.05) is 27.7 Å². The van der Waals surface area contributed by atoms with Crippen LogP contribution in [0, 0.1) is 52.3 Å². The first-order valence-corrected chi connectivity index (χ1v) is 14.1. The van der Waals surface area contributed by atoms with Gasteiger partial charge >= 0.3 is 5.97 Å². The number of ketones is 1. The van der Waals surface area contributed by atoms with Crippen LogP contribution >= 0.6 is 0 Å². The molecule has 0 radical (unpaired) electrons. The second-order valence-electron chi connectivity index (χ2n) is 13.5. The standard InChI is InChI=1S/C29H44O5/c1-16-8-11-29(32-15-16)17(2)26-24(34-29)13-23-21-7-6-19-12-20(33-18(3)30)9-10-27(19,4)22(21)14-25(31)28(23,26)5/h16-17,19-24,26H,6-15H2,1-5H3/t16-,17+,19+,20-,21-,22?,23?,24+,26+,27+,28-,29-/m1/s1. The van der Waals surface area contributed by atoms with Crippen molar-refractivity contribution in [2.75, 3.05) is 6.61 Å². The monoisotopic (exact) mass is 472 g/mol. The summed E-state index contributed by atoms with van der Waals surface area (Å²) in [6.45, 7) is 11.6. The van der Waals surface area contributed by atoms with E-state index in [9.17, 15) is 9.59 Å². The summed E-state index contributed by atoms with van der Waals surface area (Å²) in [4.78, 5) is 25.7. The highest BCUT2D eigenvalue weighted by atomic mass is 16.7. The third-order valence-electron chi connectivity index (χ3n) is 12.1. The molecular weight excluding hydrogens is 428 g/mol. The Morgan fingerprint density at radius 3 is 2.53 bits per heavy atom. The van der Waals surface area contributed by atoms with Crippen LogP contribution in [0.5, 0.6) is 0 Å². The molecule has 6 rings (SSSR count). The van der Waals surface area contributed by atoms with Crippen molar-refractivity contribution >= 4 is 11.8 Å². The van der Waals surface area contributed by atoms with E-state index in [0.29, 0.717) is 35.4 Å². The van der Waals surface area contributed by atoms with E-state index in [-0.39, 0.29) is 40.8 Å². The third kappa shape index (κ3) is 3.11. The number of hydrogen-bond donors (Lipinski definition) is 0. The minimum atomic E-state index is -0.467. The van der Waals surface area contributed by atoms with Crippen LogP contribution in [-0.2, 0) is 23.8 Å². The Labute approximate surface area is 205 Å². The van der Waals surface area contributed by atoms with Gasteiger partial charge in [0.2, 0.25) is 0 Å². The molecule has 4 saturated carbocycles. The molecule has 0 aromatic rings. The number of esters is 1. The summed E-state index contributed by atoms with van der Waals surface area (Å²) in [5.41, 5.74) is -0.0934. The van der Waals surface area contributed by atoms with Gasteiger partial charge in [-0.15, -0.1) is 0 Å². The zero-order chi connectivity index (χ0) is 24.0. The molecule has 1 spiro atoms. The Kier molecular flexibility index (Phi) is 5.37. The predicted octanol–water partition coefficient (Wildman–Crippen LogP) is 5.54. The van der Waals surface area contributed by atoms with Gasteiger partial charge in [0.05, 0.1) is 12.7 Å². The number of rotatable bonds is 1. The maximum absolute atomic E-state index is 14.1. The van der Waals surface area contributed by atoms with Crippen molar-refractivity contribution in [3.8, 4) is 0 Å². The van der Waals surface area contributed by atoms with E-state index < -0.39 is 5.79 Å². The first-order valence-electron chi connectivity index (χ1n) is 14.1. The minimum Gasteiger partial charge on any atom is -0.463 e. The van der Waals surface area contributed by atoms with Gasteiger partial charge in [-0.05, 0) is 80.0 Å². The average Bonchev–Trinajstić information content (AvgIpc) is 3.23. The predicted molar refractivity (Wildman–Crippen MR) is 128 cm³/mol. The number of fused-ring (bicyclic) bond motifs is 7. The summed E-state index contributed by atoms with van der Waals surface area (Å²) >= 11 is 0. The molecule has 190 valence electrons.